The maximum atomic E-state index is 5.69. The zero-order valence-electron chi connectivity index (χ0n) is 16.0. The number of aromatic nitrogens is 2. The minimum absolute atomic E-state index is 0.119. The van der Waals surface area contributed by atoms with Crippen molar-refractivity contribution in [2.24, 2.45) is 0 Å². The van der Waals surface area contributed by atoms with E-state index in [1.807, 2.05) is 12.1 Å². The molecular weight excluding hydrogens is 342 g/mol. The summed E-state index contributed by atoms with van der Waals surface area (Å²) >= 11 is 5.32. The lowest BCUT2D eigenvalue weighted by molar-refractivity contribution is 0.522. The van der Waals surface area contributed by atoms with E-state index < -0.39 is 0 Å². The molecule has 0 fully saturated rings. The Labute approximate surface area is 159 Å². The van der Waals surface area contributed by atoms with Gasteiger partial charge in [-0.25, -0.2) is 4.68 Å². The summed E-state index contributed by atoms with van der Waals surface area (Å²) in [4.78, 5) is 0.358. The highest BCUT2D eigenvalue weighted by molar-refractivity contribution is 7.71. The highest BCUT2D eigenvalue weighted by atomic mass is 32.1. The van der Waals surface area contributed by atoms with Gasteiger partial charge in [-0.2, -0.15) is 0 Å². The number of nitrogens with one attached hydrogen (secondary N) is 1. The fourth-order valence-corrected chi connectivity index (χ4v) is 2.99. The van der Waals surface area contributed by atoms with Crippen LogP contribution in [0.2, 0.25) is 0 Å². The van der Waals surface area contributed by atoms with Crippen LogP contribution in [0.4, 0.5) is 5.69 Å². The normalized spacial score (nSPS) is 11.6. The summed E-state index contributed by atoms with van der Waals surface area (Å²) in [5.74, 6) is 0.540. The third kappa shape index (κ3) is 4.05. The third-order valence-electron chi connectivity index (χ3n) is 4.41. The van der Waals surface area contributed by atoms with Crippen molar-refractivity contribution < 1.29 is 4.42 Å². The monoisotopic (exact) mass is 367 g/mol. The number of benzene rings is 2. The zero-order valence-corrected chi connectivity index (χ0v) is 16.8. The van der Waals surface area contributed by atoms with E-state index >= 15 is 0 Å². The summed E-state index contributed by atoms with van der Waals surface area (Å²) in [6.45, 7) is 11.2. The van der Waals surface area contributed by atoms with Crippen molar-refractivity contribution in [2.75, 3.05) is 5.32 Å². The molecule has 0 unspecified atom stereocenters. The number of aryl methyl sites for hydroxylation is 2. The van der Waals surface area contributed by atoms with Gasteiger partial charge in [0.15, 0.2) is 0 Å². The molecule has 5 heteroatoms. The fourth-order valence-electron chi connectivity index (χ4n) is 2.81. The topological polar surface area (TPSA) is 43.0 Å². The molecule has 3 aromatic rings. The maximum Gasteiger partial charge on any atom is 0.289 e. The van der Waals surface area contributed by atoms with Gasteiger partial charge < -0.3 is 9.73 Å². The molecular formula is C21H25N3OS. The molecule has 0 spiro atoms. The summed E-state index contributed by atoms with van der Waals surface area (Å²) < 4.78 is 7.36. The first-order valence-corrected chi connectivity index (χ1v) is 9.15. The van der Waals surface area contributed by atoms with Crippen molar-refractivity contribution in [3.63, 3.8) is 0 Å². The molecule has 0 atom stereocenters. The molecule has 1 aromatic heterocycles. The van der Waals surface area contributed by atoms with E-state index in [1.165, 1.54) is 16.7 Å². The van der Waals surface area contributed by atoms with Crippen LogP contribution in [0, 0.1) is 18.7 Å². The first kappa shape index (κ1) is 18.4. The van der Waals surface area contributed by atoms with Gasteiger partial charge in [0.05, 0.1) is 0 Å². The average molecular weight is 368 g/mol. The minimum atomic E-state index is 0.119. The number of rotatable bonds is 4. The van der Waals surface area contributed by atoms with Gasteiger partial charge in [0.2, 0.25) is 5.89 Å². The van der Waals surface area contributed by atoms with Gasteiger partial charge in [-0.1, -0.05) is 50.6 Å². The highest BCUT2D eigenvalue weighted by Gasteiger charge is 2.14. The Morgan fingerprint density at radius 1 is 1.08 bits per heavy atom. The van der Waals surface area contributed by atoms with Gasteiger partial charge in [0.1, 0.15) is 6.67 Å². The van der Waals surface area contributed by atoms with Crippen LogP contribution in [0.3, 0.4) is 0 Å². The van der Waals surface area contributed by atoms with E-state index in [9.17, 15) is 0 Å². The van der Waals surface area contributed by atoms with E-state index in [0.29, 0.717) is 17.4 Å². The van der Waals surface area contributed by atoms with Gasteiger partial charge in [-0.05, 0) is 60.8 Å². The largest absolute Gasteiger partial charge is 0.409 e. The SMILES string of the molecule is Cc1ccc(NCn2nc(-c3ccc(C(C)(C)C)cc3)oc2=S)c(C)c1. The lowest BCUT2D eigenvalue weighted by Crippen LogP contribution is -2.11. The second-order valence-corrected chi connectivity index (χ2v) is 8.00. The minimum Gasteiger partial charge on any atom is -0.409 e. The first-order valence-electron chi connectivity index (χ1n) is 8.74. The molecule has 0 bridgehead atoms. The van der Waals surface area contributed by atoms with Crippen molar-refractivity contribution in [3.05, 3.63) is 64.0 Å². The lowest BCUT2D eigenvalue weighted by atomic mass is 9.87. The molecule has 2 aromatic carbocycles. The predicted octanol–water partition coefficient (Wildman–Crippen LogP) is 5.86. The van der Waals surface area contributed by atoms with Gasteiger partial charge in [0.25, 0.3) is 4.84 Å². The quantitative estimate of drug-likeness (QED) is 0.587. The van der Waals surface area contributed by atoms with Crippen molar-refractivity contribution in [1.29, 1.82) is 0 Å². The molecule has 1 N–H and O–H groups in total. The molecule has 0 saturated heterocycles. The van der Waals surface area contributed by atoms with Gasteiger partial charge in [-0.3, -0.25) is 0 Å². The van der Waals surface area contributed by atoms with Crippen LogP contribution in [-0.4, -0.2) is 9.78 Å². The summed E-state index contributed by atoms with van der Waals surface area (Å²) in [7, 11) is 0. The van der Waals surface area contributed by atoms with Crippen LogP contribution in [0.25, 0.3) is 11.5 Å². The van der Waals surface area contributed by atoms with Crippen molar-refractivity contribution in [3.8, 4) is 11.5 Å². The Balaban J connectivity index is 1.78. The molecule has 0 aliphatic rings. The van der Waals surface area contributed by atoms with Gasteiger partial charge in [-0.15, -0.1) is 5.10 Å². The molecule has 0 aliphatic heterocycles. The van der Waals surface area contributed by atoms with Crippen LogP contribution in [0.15, 0.2) is 46.9 Å². The Hall–Kier alpha value is -2.40. The van der Waals surface area contributed by atoms with Gasteiger partial charge >= 0.3 is 0 Å². The van der Waals surface area contributed by atoms with Crippen LogP contribution in [0.1, 0.15) is 37.5 Å². The standard InChI is InChI=1S/C21H25N3OS/c1-14-6-11-18(15(2)12-14)22-13-24-20(26)25-19(23-24)16-7-9-17(10-8-16)21(3,4)5/h6-12,22H,13H2,1-5H3. The predicted molar refractivity (Wildman–Crippen MR) is 109 cm³/mol. The van der Waals surface area contributed by atoms with E-state index in [4.69, 9.17) is 16.6 Å². The van der Waals surface area contributed by atoms with E-state index in [0.717, 1.165) is 11.3 Å². The van der Waals surface area contributed by atoms with E-state index in [1.54, 1.807) is 4.68 Å². The maximum absolute atomic E-state index is 5.69. The van der Waals surface area contributed by atoms with Crippen molar-refractivity contribution in [1.82, 2.24) is 9.78 Å². The molecule has 0 radical (unpaired) electrons. The Bertz CT molecular complexity index is 962. The van der Waals surface area contributed by atoms with Gasteiger partial charge in [0, 0.05) is 11.3 Å². The second kappa shape index (κ2) is 7.08. The van der Waals surface area contributed by atoms with Crippen LogP contribution < -0.4 is 5.32 Å². The fraction of sp³-hybridized carbons (Fsp3) is 0.333. The highest BCUT2D eigenvalue weighted by Crippen LogP contribution is 2.25. The molecule has 0 amide bonds. The molecule has 136 valence electrons. The van der Waals surface area contributed by atoms with Crippen molar-refractivity contribution >= 4 is 17.9 Å². The number of hydrogen-bond acceptors (Lipinski definition) is 4. The van der Waals surface area contributed by atoms with Crippen LogP contribution >= 0.6 is 12.2 Å². The average Bonchev–Trinajstić information content (AvgIpc) is 2.94. The Kier molecular flexibility index (Phi) is 5.01. The smallest absolute Gasteiger partial charge is 0.289 e. The third-order valence-corrected chi connectivity index (χ3v) is 4.70. The summed E-state index contributed by atoms with van der Waals surface area (Å²) in [5, 5.41) is 7.88. The molecule has 3 rings (SSSR count). The second-order valence-electron chi connectivity index (χ2n) is 7.65. The van der Waals surface area contributed by atoms with Crippen LogP contribution in [0.5, 0.6) is 0 Å². The summed E-state index contributed by atoms with van der Waals surface area (Å²) in [6.07, 6.45) is 0. The van der Waals surface area contributed by atoms with E-state index in [-0.39, 0.29) is 5.41 Å². The number of anilines is 1. The molecule has 1 heterocycles. The molecule has 4 nitrogen and oxygen atoms in total. The zero-order chi connectivity index (χ0) is 18.9. The van der Waals surface area contributed by atoms with Crippen LogP contribution in [-0.2, 0) is 12.1 Å². The molecule has 0 saturated carbocycles. The Morgan fingerprint density at radius 3 is 2.38 bits per heavy atom. The molecule has 0 aliphatic carbocycles. The lowest BCUT2D eigenvalue weighted by Gasteiger charge is -2.18. The van der Waals surface area contributed by atoms with Crippen molar-refractivity contribution in [2.45, 2.75) is 46.7 Å². The molecule has 26 heavy (non-hydrogen) atoms. The number of nitrogens with zero attached hydrogens (tertiary/aromatic N) is 2. The first-order chi connectivity index (χ1) is 12.2. The van der Waals surface area contributed by atoms with E-state index in [2.05, 4.69) is 75.4 Å². The summed E-state index contributed by atoms with van der Waals surface area (Å²) in [5.41, 5.74) is 5.82. The number of hydrogen-bond donors (Lipinski definition) is 1. The summed E-state index contributed by atoms with van der Waals surface area (Å²) in [6, 6.07) is 14.6. The Morgan fingerprint density at radius 2 is 1.77 bits per heavy atom.